The first-order chi connectivity index (χ1) is 12.9. The van der Waals surface area contributed by atoms with Crippen LogP contribution in [0.3, 0.4) is 0 Å². The number of carbonyl (C=O) groups is 2. The van der Waals surface area contributed by atoms with Crippen LogP contribution >= 0.6 is 0 Å². The molecule has 2 aromatic carbocycles. The van der Waals surface area contributed by atoms with E-state index in [0.29, 0.717) is 17.8 Å². The van der Waals surface area contributed by atoms with Gasteiger partial charge in [0.15, 0.2) is 0 Å². The van der Waals surface area contributed by atoms with Gasteiger partial charge in [-0.05, 0) is 42.8 Å². The largest absolute Gasteiger partial charge is 0.355 e. The molecule has 0 aliphatic rings. The summed E-state index contributed by atoms with van der Waals surface area (Å²) in [5.41, 5.74) is 1.41. The van der Waals surface area contributed by atoms with E-state index >= 15 is 0 Å². The number of hydrogen-bond donors (Lipinski definition) is 3. The Morgan fingerprint density at radius 1 is 0.963 bits per heavy atom. The van der Waals surface area contributed by atoms with Gasteiger partial charge in [0.1, 0.15) is 0 Å². The molecule has 0 aliphatic carbocycles. The van der Waals surface area contributed by atoms with Crippen LogP contribution in [0.25, 0.3) is 6.08 Å². The van der Waals surface area contributed by atoms with Crippen LogP contribution in [0.5, 0.6) is 0 Å². The minimum atomic E-state index is -3.68. The van der Waals surface area contributed by atoms with E-state index < -0.39 is 15.9 Å². The third kappa shape index (κ3) is 6.95. The lowest BCUT2D eigenvalue weighted by molar-refractivity contribution is -0.120. The molecule has 2 aromatic rings. The number of hydrogen-bond acceptors (Lipinski definition) is 4. The number of amides is 2. The fourth-order valence-electron chi connectivity index (χ4n) is 2.14. The van der Waals surface area contributed by atoms with Crippen molar-refractivity contribution in [2.75, 3.05) is 17.8 Å². The van der Waals surface area contributed by atoms with Crippen LogP contribution in [0, 0.1) is 0 Å². The minimum absolute atomic E-state index is 0.120. The Morgan fingerprint density at radius 3 is 2.26 bits per heavy atom. The predicted molar refractivity (Wildman–Crippen MR) is 105 cm³/mol. The lowest BCUT2D eigenvalue weighted by Crippen LogP contribution is -2.36. The topological polar surface area (TPSA) is 104 Å². The smallest absolute Gasteiger partial charge is 0.255 e. The van der Waals surface area contributed by atoms with Gasteiger partial charge in [-0.15, -0.1) is 0 Å². The van der Waals surface area contributed by atoms with E-state index in [1.807, 2.05) is 18.2 Å². The van der Waals surface area contributed by atoms with Gasteiger partial charge in [0.05, 0.1) is 12.0 Å². The van der Waals surface area contributed by atoms with Crippen molar-refractivity contribution in [1.29, 1.82) is 0 Å². The van der Waals surface area contributed by atoms with Crippen molar-refractivity contribution in [1.82, 2.24) is 10.6 Å². The standard InChI is InChI=1S/C19H21N3O4S/c1-2-20-18(23)14-21-19(24)16-8-10-17(11-9-16)22-27(25,26)13-12-15-6-4-3-5-7-15/h3-13,22H,2,14H2,1H3,(H,20,23)(H,21,24). The average Bonchev–Trinajstić information content (AvgIpc) is 2.66. The lowest BCUT2D eigenvalue weighted by Gasteiger charge is -2.07. The van der Waals surface area contributed by atoms with E-state index in [2.05, 4.69) is 15.4 Å². The number of sulfonamides is 1. The second-order valence-electron chi connectivity index (χ2n) is 5.57. The molecule has 0 atom stereocenters. The number of rotatable bonds is 8. The molecule has 2 amide bonds. The molecule has 0 spiro atoms. The normalized spacial score (nSPS) is 11.1. The first kappa shape index (κ1) is 20.2. The van der Waals surface area contributed by atoms with Crippen LogP contribution in [0.15, 0.2) is 60.0 Å². The van der Waals surface area contributed by atoms with Crippen molar-refractivity contribution in [3.05, 3.63) is 71.1 Å². The molecule has 0 fully saturated rings. The van der Waals surface area contributed by atoms with Gasteiger partial charge < -0.3 is 10.6 Å². The van der Waals surface area contributed by atoms with Crippen molar-refractivity contribution in [3.63, 3.8) is 0 Å². The Kier molecular flexibility index (Phi) is 7.13. The number of nitrogens with one attached hydrogen (secondary N) is 3. The quantitative estimate of drug-likeness (QED) is 0.644. The summed E-state index contributed by atoms with van der Waals surface area (Å²) in [6.07, 6.45) is 1.49. The molecule has 8 heteroatoms. The van der Waals surface area contributed by atoms with Gasteiger partial charge in [-0.3, -0.25) is 14.3 Å². The number of carbonyl (C=O) groups excluding carboxylic acids is 2. The molecule has 0 unspecified atom stereocenters. The van der Waals surface area contributed by atoms with E-state index in [1.54, 1.807) is 19.1 Å². The van der Waals surface area contributed by atoms with Gasteiger partial charge in [-0.25, -0.2) is 8.42 Å². The Bertz CT molecular complexity index is 908. The summed E-state index contributed by atoms with van der Waals surface area (Å²) in [5, 5.41) is 6.14. The zero-order valence-electron chi connectivity index (χ0n) is 14.8. The van der Waals surface area contributed by atoms with Crippen molar-refractivity contribution in [2.45, 2.75) is 6.92 Å². The fourth-order valence-corrected chi connectivity index (χ4v) is 3.01. The highest BCUT2D eigenvalue weighted by Crippen LogP contribution is 2.13. The van der Waals surface area contributed by atoms with Crippen LogP contribution < -0.4 is 15.4 Å². The highest BCUT2D eigenvalue weighted by molar-refractivity contribution is 7.95. The van der Waals surface area contributed by atoms with Crippen LogP contribution in [-0.2, 0) is 14.8 Å². The highest BCUT2D eigenvalue weighted by Gasteiger charge is 2.09. The van der Waals surface area contributed by atoms with Crippen molar-refractivity contribution in [2.24, 2.45) is 0 Å². The van der Waals surface area contributed by atoms with E-state index in [0.717, 1.165) is 11.0 Å². The Balaban J connectivity index is 1.95. The summed E-state index contributed by atoms with van der Waals surface area (Å²) in [7, 11) is -3.68. The zero-order chi connectivity index (χ0) is 19.7. The number of anilines is 1. The molecular formula is C19H21N3O4S. The van der Waals surface area contributed by atoms with Crippen LogP contribution in [-0.4, -0.2) is 33.3 Å². The summed E-state index contributed by atoms with van der Waals surface area (Å²) < 4.78 is 26.6. The van der Waals surface area contributed by atoms with E-state index in [-0.39, 0.29) is 12.5 Å². The minimum Gasteiger partial charge on any atom is -0.355 e. The summed E-state index contributed by atoms with van der Waals surface area (Å²) in [4.78, 5) is 23.3. The third-order valence-electron chi connectivity index (χ3n) is 3.43. The van der Waals surface area contributed by atoms with Crippen LogP contribution in [0.1, 0.15) is 22.8 Å². The zero-order valence-corrected chi connectivity index (χ0v) is 15.6. The molecule has 0 aliphatic heterocycles. The molecule has 0 heterocycles. The molecular weight excluding hydrogens is 366 g/mol. The first-order valence-corrected chi connectivity index (χ1v) is 9.85. The molecule has 2 rings (SSSR count). The lowest BCUT2D eigenvalue weighted by atomic mass is 10.2. The number of benzene rings is 2. The van der Waals surface area contributed by atoms with Crippen LogP contribution in [0.4, 0.5) is 5.69 Å². The summed E-state index contributed by atoms with van der Waals surface area (Å²) in [6.45, 7) is 2.15. The molecule has 3 N–H and O–H groups in total. The molecule has 0 saturated carbocycles. The number of likely N-dealkylation sites (N-methyl/N-ethyl adjacent to an activating group) is 1. The molecule has 0 aromatic heterocycles. The summed E-state index contributed by atoms with van der Waals surface area (Å²) in [5.74, 6) is -0.694. The van der Waals surface area contributed by atoms with Gasteiger partial charge in [-0.2, -0.15) is 0 Å². The van der Waals surface area contributed by atoms with E-state index in [9.17, 15) is 18.0 Å². The fraction of sp³-hybridized carbons (Fsp3) is 0.158. The van der Waals surface area contributed by atoms with Crippen molar-refractivity contribution < 1.29 is 18.0 Å². The Hall–Kier alpha value is -3.13. The Labute approximate surface area is 158 Å². The first-order valence-electron chi connectivity index (χ1n) is 8.30. The van der Waals surface area contributed by atoms with E-state index in [4.69, 9.17) is 0 Å². The van der Waals surface area contributed by atoms with Gasteiger partial charge in [0.2, 0.25) is 5.91 Å². The molecule has 0 saturated heterocycles. The third-order valence-corrected chi connectivity index (χ3v) is 4.44. The molecule has 0 radical (unpaired) electrons. The molecule has 142 valence electrons. The second kappa shape index (κ2) is 9.54. The molecule has 0 bridgehead atoms. The monoisotopic (exact) mass is 387 g/mol. The van der Waals surface area contributed by atoms with Crippen molar-refractivity contribution >= 4 is 33.6 Å². The maximum Gasteiger partial charge on any atom is 0.255 e. The highest BCUT2D eigenvalue weighted by atomic mass is 32.2. The molecule has 27 heavy (non-hydrogen) atoms. The van der Waals surface area contributed by atoms with Gasteiger partial charge in [0, 0.05) is 17.8 Å². The van der Waals surface area contributed by atoms with Gasteiger partial charge >= 0.3 is 0 Å². The molecule has 7 nitrogen and oxygen atoms in total. The van der Waals surface area contributed by atoms with Gasteiger partial charge in [-0.1, -0.05) is 30.3 Å². The predicted octanol–water partition coefficient (Wildman–Crippen LogP) is 1.97. The van der Waals surface area contributed by atoms with E-state index in [1.165, 1.54) is 30.3 Å². The van der Waals surface area contributed by atoms with Crippen LogP contribution in [0.2, 0.25) is 0 Å². The second-order valence-corrected chi connectivity index (χ2v) is 7.14. The SMILES string of the molecule is CCNC(=O)CNC(=O)c1ccc(NS(=O)(=O)C=Cc2ccccc2)cc1. The average molecular weight is 387 g/mol. The van der Waals surface area contributed by atoms with Gasteiger partial charge in [0.25, 0.3) is 15.9 Å². The van der Waals surface area contributed by atoms with Crippen molar-refractivity contribution in [3.8, 4) is 0 Å². The summed E-state index contributed by atoms with van der Waals surface area (Å²) >= 11 is 0. The Morgan fingerprint density at radius 2 is 1.63 bits per heavy atom. The maximum atomic E-state index is 12.1. The maximum absolute atomic E-state index is 12.1. The summed E-state index contributed by atoms with van der Waals surface area (Å²) in [6, 6.07) is 15.0.